The predicted molar refractivity (Wildman–Crippen MR) is 99.2 cm³/mol. The number of anilines is 1. The second-order valence-electron chi connectivity index (χ2n) is 5.73. The van der Waals surface area contributed by atoms with Crippen LogP contribution in [0.15, 0.2) is 47.4 Å². The number of carbonyl (C=O) groups excluding carboxylic acids is 1. The van der Waals surface area contributed by atoms with Crippen molar-refractivity contribution >= 4 is 21.6 Å². The summed E-state index contributed by atoms with van der Waals surface area (Å²) in [6.07, 6.45) is 0.116. The fourth-order valence-corrected chi connectivity index (χ4v) is 3.27. The van der Waals surface area contributed by atoms with Crippen molar-refractivity contribution in [3.63, 3.8) is 0 Å². The van der Waals surface area contributed by atoms with E-state index in [-0.39, 0.29) is 17.2 Å². The molecule has 0 bridgehead atoms. The second-order valence-corrected chi connectivity index (χ2v) is 7.88. The highest BCUT2D eigenvalue weighted by Crippen LogP contribution is 2.27. The fraction of sp³-hybridized carbons (Fsp3) is 0.278. The summed E-state index contributed by atoms with van der Waals surface area (Å²) in [5.74, 6) is 0.853. The molecule has 1 amide bonds. The Hall–Kier alpha value is -2.58. The van der Waals surface area contributed by atoms with Crippen molar-refractivity contribution in [2.75, 3.05) is 33.6 Å². The van der Waals surface area contributed by atoms with Crippen LogP contribution < -0.4 is 14.8 Å². The summed E-state index contributed by atoms with van der Waals surface area (Å²) < 4.78 is 35.9. The Morgan fingerprint density at radius 2 is 1.73 bits per heavy atom. The molecule has 0 aliphatic carbocycles. The van der Waals surface area contributed by atoms with E-state index in [1.54, 1.807) is 37.4 Å². The first-order chi connectivity index (χ1) is 12.3. The van der Waals surface area contributed by atoms with Gasteiger partial charge in [0.05, 0.1) is 25.5 Å². The van der Waals surface area contributed by atoms with Crippen molar-refractivity contribution < 1.29 is 22.7 Å². The standard InChI is InChI=1S/C18H22N2O5S/c1-20(2)26(22,23)15-7-5-6-14(12-15)19-18(21)11-13-8-9-16(24-3)17(10-13)25-4/h5-10,12H,11H2,1-4H3,(H,19,21). The maximum absolute atomic E-state index is 12.3. The van der Waals surface area contributed by atoms with Crippen LogP contribution in [0.3, 0.4) is 0 Å². The van der Waals surface area contributed by atoms with Crippen molar-refractivity contribution in [2.45, 2.75) is 11.3 Å². The minimum absolute atomic E-state index is 0.116. The Morgan fingerprint density at radius 3 is 2.35 bits per heavy atom. The summed E-state index contributed by atoms with van der Waals surface area (Å²) in [5.41, 5.74) is 1.16. The maximum Gasteiger partial charge on any atom is 0.242 e. The van der Waals surface area contributed by atoms with Gasteiger partial charge >= 0.3 is 0 Å². The molecule has 0 fully saturated rings. The van der Waals surface area contributed by atoms with Gasteiger partial charge in [0.25, 0.3) is 0 Å². The molecule has 2 rings (SSSR count). The number of hydrogen-bond donors (Lipinski definition) is 1. The lowest BCUT2D eigenvalue weighted by molar-refractivity contribution is -0.115. The molecular weight excluding hydrogens is 356 g/mol. The van der Waals surface area contributed by atoms with Gasteiger partial charge in [-0.1, -0.05) is 12.1 Å². The first-order valence-electron chi connectivity index (χ1n) is 7.81. The number of nitrogens with one attached hydrogen (secondary N) is 1. The number of hydrogen-bond acceptors (Lipinski definition) is 5. The third-order valence-electron chi connectivity index (χ3n) is 3.71. The van der Waals surface area contributed by atoms with Crippen LogP contribution in [0.1, 0.15) is 5.56 Å². The first kappa shape index (κ1) is 19.7. The predicted octanol–water partition coefficient (Wildman–Crippen LogP) is 2.14. The van der Waals surface area contributed by atoms with E-state index in [0.717, 1.165) is 9.87 Å². The second kappa shape index (κ2) is 8.20. The summed E-state index contributed by atoms with van der Waals surface area (Å²) >= 11 is 0. The maximum atomic E-state index is 12.3. The molecule has 0 radical (unpaired) electrons. The van der Waals surface area contributed by atoms with Crippen LogP contribution in [0, 0.1) is 0 Å². The summed E-state index contributed by atoms with van der Waals surface area (Å²) in [6, 6.07) is 11.4. The minimum Gasteiger partial charge on any atom is -0.493 e. The van der Waals surface area contributed by atoms with E-state index in [9.17, 15) is 13.2 Å². The highest BCUT2D eigenvalue weighted by atomic mass is 32.2. The Bertz CT molecular complexity index is 894. The quantitative estimate of drug-likeness (QED) is 0.798. The molecule has 0 saturated heterocycles. The van der Waals surface area contributed by atoms with Crippen LogP contribution in [-0.2, 0) is 21.2 Å². The zero-order valence-corrected chi connectivity index (χ0v) is 16.0. The molecule has 2 aromatic rings. The van der Waals surface area contributed by atoms with Gasteiger partial charge in [0.2, 0.25) is 15.9 Å². The van der Waals surface area contributed by atoms with E-state index in [2.05, 4.69) is 5.32 Å². The number of ether oxygens (including phenoxy) is 2. The van der Waals surface area contributed by atoms with Crippen LogP contribution in [0.4, 0.5) is 5.69 Å². The molecule has 0 atom stereocenters. The zero-order valence-electron chi connectivity index (χ0n) is 15.1. The van der Waals surface area contributed by atoms with Crippen molar-refractivity contribution in [1.29, 1.82) is 0 Å². The van der Waals surface area contributed by atoms with E-state index < -0.39 is 10.0 Å². The summed E-state index contributed by atoms with van der Waals surface area (Å²) in [7, 11) is 2.42. The summed E-state index contributed by atoms with van der Waals surface area (Å²) in [4.78, 5) is 12.4. The van der Waals surface area contributed by atoms with Crippen LogP contribution in [-0.4, -0.2) is 46.9 Å². The highest BCUT2D eigenvalue weighted by Gasteiger charge is 2.17. The number of sulfonamides is 1. The molecular formula is C18H22N2O5S. The molecule has 1 N–H and O–H groups in total. The number of benzene rings is 2. The minimum atomic E-state index is -3.56. The Labute approximate surface area is 153 Å². The van der Waals surface area contributed by atoms with Gasteiger partial charge in [0, 0.05) is 19.8 Å². The molecule has 140 valence electrons. The molecule has 2 aromatic carbocycles. The molecule has 0 unspecified atom stereocenters. The number of amides is 1. The van der Waals surface area contributed by atoms with E-state index in [4.69, 9.17) is 9.47 Å². The monoisotopic (exact) mass is 378 g/mol. The first-order valence-corrected chi connectivity index (χ1v) is 9.25. The van der Waals surface area contributed by atoms with Crippen LogP contribution in [0.25, 0.3) is 0 Å². The number of methoxy groups -OCH3 is 2. The molecule has 0 saturated carbocycles. The lowest BCUT2D eigenvalue weighted by Gasteiger charge is -2.13. The van der Waals surface area contributed by atoms with Crippen molar-refractivity contribution in [3.05, 3.63) is 48.0 Å². The van der Waals surface area contributed by atoms with Gasteiger partial charge in [-0.15, -0.1) is 0 Å². The van der Waals surface area contributed by atoms with Crippen LogP contribution in [0.2, 0.25) is 0 Å². The van der Waals surface area contributed by atoms with Gasteiger partial charge in [-0.05, 0) is 35.9 Å². The third-order valence-corrected chi connectivity index (χ3v) is 5.52. The van der Waals surface area contributed by atoms with Crippen molar-refractivity contribution in [3.8, 4) is 11.5 Å². The number of rotatable bonds is 7. The van der Waals surface area contributed by atoms with Crippen molar-refractivity contribution in [1.82, 2.24) is 4.31 Å². The lowest BCUT2D eigenvalue weighted by Crippen LogP contribution is -2.22. The largest absolute Gasteiger partial charge is 0.493 e. The zero-order chi connectivity index (χ0) is 19.3. The van der Waals surface area contributed by atoms with Crippen molar-refractivity contribution in [2.24, 2.45) is 0 Å². The smallest absolute Gasteiger partial charge is 0.242 e. The molecule has 0 aromatic heterocycles. The van der Waals surface area contributed by atoms with Gasteiger partial charge in [0.1, 0.15) is 0 Å². The SMILES string of the molecule is COc1ccc(CC(=O)Nc2cccc(S(=O)(=O)N(C)C)c2)cc1OC. The third kappa shape index (κ3) is 4.53. The van der Waals surface area contributed by atoms with Crippen LogP contribution in [0.5, 0.6) is 11.5 Å². The van der Waals surface area contributed by atoms with Crippen LogP contribution >= 0.6 is 0 Å². The molecule has 8 heteroatoms. The molecule has 0 spiro atoms. The van der Waals surface area contributed by atoms with Gasteiger partial charge in [-0.25, -0.2) is 12.7 Å². The fourth-order valence-electron chi connectivity index (χ4n) is 2.33. The molecule has 0 heterocycles. The number of nitrogens with zero attached hydrogens (tertiary/aromatic N) is 1. The molecule has 26 heavy (non-hydrogen) atoms. The summed E-state index contributed by atoms with van der Waals surface area (Å²) in [5, 5.41) is 2.71. The average Bonchev–Trinajstić information content (AvgIpc) is 2.61. The highest BCUT2D eigenvalue weighted by molar-refractivity contribution is 7.89. The average molecular weight is 378 g/mol. The summed E-state index contributed by atoms with van der Waals surface area (Å²) in [6.45, 7) is 0. The molecule has 0 aliphatic heterocycles. The lowest BCUT2D eigenvalue weighted by atomic mass is 10.1. The van der Waals surface area contributed by atoms with Gasteiger partial charge in [0.15, 0.2) is 11.5 Å². The molecule has 7 nitrogen and oxygen atoms in total. The van der Waals surface area contributed by atoms with Gasteiger partial charge < -0.3 is 14.8 Å². The number of carbonyl (C=O) groups is 1. The topological polar surface area (TPSA) is 84.9 Å². The van der Waals surface area contributed by atoms with Gasteiger partial charge in [-0.2, -0.15) is 0 Å². The Morgan fingerprint density at radius 1 is 1.04 bits per heavy atom. The van der Waals surface area contributed by atoms with E-state index in [0.29, 0.717) is 17.2 Å². The van der Waals surface area contributed by atoms with E-state index in [1.165, 1.54) is 33.3 Å². The van der Waals surface area contributed by atoms with E-state index >= 15 is 0 Å². The molecule has 0 aliphatic rings. The normalized spacial score (nSPS) is 11.3. The Kier molecular flexibility index (Phi) is 6.23. The van der Waals surface area contributed by atoms with E-state index in [1.807, 2.05) is 0 Å². The van der Waals surface area contributed by atoms with Gasteiger partial charge in [-0.3, -0.25) is 4.79 Å². The Balaban J connectivity index is 2.14.